The van der Waals surface area contributed by atoms with Crippen LogP contribution in [0.3, 0.4) is 0 Å². The second kappa shape index (κ2) is 8.02. The van der Waals surface area contributed by atoms with Crippen LogP contribution in [0, 0.1) is 23.5 Å². The van der Waals surface area contributed by atoms with Crippen molar-refractivity contribution >= 4 is 15.7 Å². The van der Waals surface area contributed by atoms with Crippen molar-refractivity contribution in [2.45, 2.75) is 11.4 Å². The Morgan fingerprint density at radius 1 is 1.00 bits per heavy atom. The van der Waals surface area contributed by atoms with E-state index in [1.54, 1.807) is 6.07 Å². The maximum absolute atomic E-state index is 13.8. The maximum Gasteiger partial charge on any atom is 0.253 e. The number of aromatic nitrogens is 1. The van der Waals surface area contributed by atoms with Crippen LogP contribution in [0.1, 0.15) is 5.56 Å². The summed E-state index contributed by atoms with van der Waals surface area (Å²) in [4.78, 5) is 4.44. The molecule has 28 heavy (non-hydrogen) atoms. The Kier molecular flexibility index (Phi) is 5.87. The predicted octanol–water partition coefficient (Wildman–Crippen LogP) is 2.19. The third kappa shape index (κ3) is 3.96. The van der Waals surface area contributed by atoms with E-state index in [-0.39, 0.29) is 17.0 Å². The van der Waals surface area contributed by atoms with E-state index in [0.717, 1.165) is 0 Å². The molecule has 0 aliphatic carbocycles. The third-order valence-corrected chi connectivity index (χ3v) is 6.50. The summed E-state index contributed by atoms with van der Waals surface area (Å²) in [5.74, 6) is -6.95. The largest absolute Gasteiger partial charge is 0.376 e. The van der Waals surface area contributed by atoms with Crippen molar-refractivity contribution in [3.63, 3.8) is 0 Å². The molecule has 2 aromatic rings. The molecule has 1 N–H and O–H groups in total. The highest BCUT2D eigenvalue weighted by atomic mass is 32.2. The SMILES string of the molecule is CN1CCN(S(=O)(=O)c2ccccc2CNc2c(F)c(F)nc(F)c2F)CC1. The van der Waals surface area contributed by atoms with E-state index >= 15 is 0 Å². The zero-order valence-electron chi connectivity index (χ0n) is 14.9. The summed E-state index contributed by atoms with van der Waals surface area (Å²) in [6.07, 6.45) is 0. The molecule has 1 aliphatic rings. The lowest BCUT2D eigenvalue weighted by Gasteiger charge is -2.32. The number of benzene rings is 1. The van der Waals surface area contributed by atoms with Gasteiger partial charge in [0.25, 0.3) is 11.9 Å². The minimum atomic E-state index is -3.84. The van der Waals surface area contributed by atoms with Gasteiger partial charge in [-0.2, -0.15) is 26.9 Å². The molecule has 1 aliphatic heterocycles. The summed E-state index contributed by atoms with van der Waals surface area (Å²) in [7, 11) is -1.95. The quantitative estimate of drug-likeness (QED) is 0.596. The van der Waals surface area contributed by atoms with Crippen LogP contribution in [0.15, 0.2) is 29.2 Å². The lowest BCUT2D eigenvalue weighted by molar-refractivity contribution is 0.222. The standard InChI is InChI=1S/C17H18F4N4O2S/c1-24-6-8-25(9-7-24)28(26,27)12-5-3-2-4-11(12)10-22-15-13(18)16(20)23-17(21)14(15)19/h2-5H,6-10H2,1H3,(H,22,23). The fraction of sp³-hybridized carbons (Fsp3) is 0.353. The van der Waals surface area contributed by atoms with Crippen LogP contribution in [0.5, 0.6) is 0 Å². The molecule has 0 atom stereocenters. The van der Waals surface area contributed by atoms with E-state index in [4.69, 9.17) is 0 Å². The lowest BCUT2D eigenvalue weighted by atomic mass is 10.2. The van der Waals surface area contributed by atoms with Crippen LogP contribution in [-0.2, 0) is 16.6 Å². The van der Waals surface area contributed by atoms with E-state index in [0.29, 0.717) is 26.2 Å². The van der Waals surface area contributed by atoms with Crippen molar-refractivity contribution in [3.8, 4) is 0 Å². The number of anilines is 1. The number of rotatable bonds is 5. The van der Waals surface area contributed by atoms with Crippen LogP contribution in [0.2, 0.25) is 0 Å². The Morgan fingerprint density at radius 2 is 1.57 bits per heavy atom. The van der Waals surface area contributed by atoms with E-state index in [1.807, 2.05) is 11.9 Å². The molecule has 152 valence electrons. The Hall–Kier alpha value is -2.24. The van der Waals surface area contributed by atoms with Gasteiger partial charge >= 0.3 is 0 Å². The lowest BCUT2D eigenvalue weighted by Crippen LogP contribution is -2.47. The Bertz CT molecular complexity index is 953. The monoisotopic (exact) mass is 418 g/mol. The van der Waals surface area contributed by atoms with Gasteiger partial charge in [-0.3, -0.25) is 0 Å². The van der Waals surface area contributed by atoms with Crippen molar-refractivity contribution in [1.82, 2.24) is 14.2 Å². The van der Waals surface area contributed by atoms with Crippen molar-refractivity contribution in [2.24, 2.45) is 0 Å². The van der Waals surface area contributed by atoms with E-state index < -0.39 is 39.2 Å². The molecular formula is C17H18F4N4O2S. The van der Waals surface area contributed by atoms with Gasteiger partial charge in [0.05, 0.1) is 4.90 Å². The molecule has 1 aromatic carbocycles. The van der Waals surface area contributed by atoms with Gasteiger partial charge in [0.1, 0.15) is 5.69 Å². The molecule has 0 amide bonds. The van der Waals surface area contributed by atoms with Gasteiger partial charge in [0, 0.05) is 32.7 Å². The molecule has 11 heteroatoms. The molecule has 3 rings (SSSR count). The zero-order valence-corrected chi connectivity index (χ0v) is 15.7. The predicted molar refractivity (Wildman–Crippen MR) is 94.1 cm³/mol. The summed E-state index contributed by atoms with van der Waals surface area (Å²) in [6, 6.07) is 5.92. The first kappa shape index (κ1) is 20.5. The number of pyridine rings is 1. The summed E-state index contributed by atoms with van der Waals surface area (Å²) in [5.41, 5.74) is -0.838. The van der Waals surface area contributed by atoms with Gasteiger partial charge < -0.3 is 10.2 Å². The fourth-order valence-electron chi connectivity index (χ4n) is 2.89. The van der Waals surface area contributed by atoms with Crippen LogP contribution in [0.25, 0.3) is 0 Å². The highest BCUT2D eigenvalue weighted by molar-refractivity contribution is 7.89. The number of likely N-dealkylation sites (N-methyl/N-ethyl adjacent to an activating group) is 1. The molecule has 0 spiro atoms. The highest BCUT2D eigenvalue weighted by Gasteiger charge is 2.29. The average Bonchev–Trinajstić information content (AvgIpc) is 2.67. The van der Waals surface area contributed by atoms with Crippen LogP contribution in [-0.4, -0.2) is 55.8 Å². The third-order valence-electron chi connectivity index (χ3n) is 4.51. The van der Waals surface area contributed by atoms with Crippen molar-refractivity contribution < 1.29 is 26.0 Å². The van der Waals surface area contributed by atoms with Crippen LogP contribution >= 0.6 is 0 Å². The van der Waals surface area contributed by atoms with E-state index in [2.05, 4.69) is 10.3 Å². The number of sulfonamides is 1. The number of hydrogen-bond donors (Lipinski definition) is 1. The molecule has 1 fully saturated rings. The zero-order chi connectivity index (χ0) is 20.5. The topological polar surface area (TPSA) is 65.5 Å². The van der Waals surface area contributed by atoms with Crippen molar-refractivity contribution in [2.75, 3.05) is 38.5 Å². The summed E-state index contributed by atoms with van der Waals surface area (Å²) in [5, 5.41) is 2.24. The normalized spacial score (nSPS) is 16.3. The summed E-state index contributed by atoms with van der Waals surface area (Å²) < 4.78 is 81.3. The molecule has 0 radical (unpaired) electrons. The number of nitrogens with zero attached hydrogens (tertiary/aromatic N) is 3. The molecule has 1 aromatic heterocycles. The maximum atomic E-state index is 13.8. The van der Waals surface area contributed by atoms with Gasteiger partial charge in [-0.25, -0.2) is 8.42 Å². The smallest absolute Gasteiger partial charge is 0.253 e. The molecular weight excluding hydrogens is 400 g/mol. The first-order chi connectivity index (χ1) is 13.2. The molecule has 1 saturated heterocycles. The van der Waals surface area contributed by atoms with Gasteiger partial charge in [-0.05, 0) is 18.7 Å². The Labute approximate surface area is 159 Å². The number of piperazine rings is 1. The second-order valence-corrected chi connectivity index (χ2v) is 8.27. The van der Waals surface area contributed by atoms with Crippen molar-refractivity contribution in [3.05, 3.63) is 53.4 Å². The van der Waals surface area contributed by atoms with E-state index in [1.165, 1.54) is 22.5 Å². The van der Waals surface area contributed by atoms with E-state index in [9.17, 15) is 26.0 Å². The van der Waals surface area contributed by atoms with Gasteiger partial charge in [0.15, 0.2) is 0 Å². The fourth-order valence-corrected chi connectivity index (χ4v) is 4.54. The Morgan fingerprint density at radius 3 is 2.18 bits per heavy atom. The number of hydrogen-bond acceptors (Lipinski definition) is 5. The first-order valence-electron chi connectivity index (χ1n) is 8.42. The van der Waals surface area contributed by atoms with Gasteiger partial charge in [-0.15, -0.1) is 0 Å². The molecule has 0 unspecified atom stereocenters. The van der Waals surface area contributed by atoms with Gasteiger partial charge in [-0.1, -0.05) is 18.2 Å². The summed E-state index contributed by atoms with van der Waals surface area (Å²) in [6.45, 7) is 1.41. The minimum absolute atomic E-state index is 0.0390. The summed E-state index contributed by atoms with van der Waals surface area (Å²) >= 11 is 0. The van der Waals surface area contributed by atoms with Gasteiger partial charge in [0.2, 0.25) is 21.7 Å². The molecule has 2 heterocycles. The second-order valence-electron chi connectivity index (χ2n) is 6.37. The average molecular weight is 418 g/mol. The van der Waals surface area contributed by atoms with Crippen LogP contribution in [0.4, 0.5) is 23.2 Å². The number of nitrogens with one attached hydrogen (secondary N) is 1. The highest BCUT2D eigenvalue weighted by Crippen LogP contribution is 2.25. The molecule has 6 nitrogen and oxygen atoms in total. The first-order valence-corrected chi connectivity index (χ1v) is 9.86. The molecule has 0 saturated carbocycles. The molecule has 0 bridgehead atoms. The minimum Gasteiger partial charge on any atom is -0.376 e. The number of halogens is 4. The van der Waals surface area contributed by atoms with Crippen molar-refractivity contribution in [1.29, 1.82) is 0 Å². The Balaban J connectivity index is 1.88. The van der Waals surface area contributed by atoms with Crippen LogP contribution < -0.4 is 5.32 Å².